The number of rotatable bonds is 5. The number of hydrogen-bond acceptors (Lipinski definition) is 3. The van der Waals surface area contributed by atoms with E-state index >= 15 is 0 Å². The summed E-state index contributed by atoms with van der Waals surface area (Å²) in [4.78, 5) is 13.2. The Labute approximate surface area is 111 Å². The Bertz CT molecular complexity index is 548. The van der Waals surface area contributed by atoms with Crippen LogP contribution in [0.5, 0.6) is 0 Å². The van der Waals surface area contributed by atoms with Gasteiger partial charge in [-0.25, -0.2) is 0 Å². The number of aryl methyl sites for hydroxylation is 2. The Balaban J connectivity index is 2.03. The number of nitrogens with zero attached hydrogens (tertiary/aromatic N) is 2. The molecule has 2 rings (SSSR count). The lowest BCUT2D eigenvalue weighted by atomic mass is 10.2. The summed E-state index contributed by atoms with van der Waals surface area (Å²) in [5, 5.41) is 4.11. The molecule has 3 nitrogen and oxygen atoms in total. The molecule has 0 spiro atoms. The predicted molar refractivity (Wildman–Crippen MR) is 74.1 cm³/mol. The summed E-state index contributed by atoms with van der Waals surface area (Å²) < 4.78 is 1.74. The molecule has 0 unspecified atom stereocenters. The van der Waals surface area contributed by atoms with Crippen molar-refractivity contribution in [2.24, 2.45) is 0 Å². The van der Waals surface area contributed by atoms with Gasteiger partial charge in [-0.1, -0.05) is 18.2 Å². The number of Topliss-reactive ketones (excluding diaryl/α,β-unsaturated/α-hetero) is 1. The van der Waals surface area contributed by atoms with Gasteiger partial charge in [-0.05, 0) is 31.5 Å². The van der Waals surface area contributed by atoms with E-state index in [9.17, 15) is 4.79 Å². The molecule has 0 saturated heterocycles. The summed E-state index contributed by atoms with van der Waals surface area (Å²) in [5.74, 6) is 0.582. The minimum atomic E-state index is 0.127. The molecule has 1 aromatic heterocycles. The lowest BCUT2D eigenvalue weighted by Crippen LogP contribution is -2.11. The normalized spacial score (nSPS) is 10.6. The zero-order valence-electron chi connectivity index (χ0n) is 10.6. The standard InChI is InChI=1S/C14H16N2OS/c1-3-16-12(8-9-15-16)13(17)10-18-14-7-5-4-6-11(14)2/h4-9H,3,10H2,1-2H3. The van der Waals surface area contributed by atoms with E-state index < -0.39 is 0 Å². The van der Waals surface area contributed by atoms with Gasteiger partial charge in [-0.3, -0.25) is 9.48 Å². The summed E-state index contributed by atoms with van der Waals surface area (Å²) >= 11 is 1.58. The van der Waals surface area contributed by atoms with Crippen LogP contribution in [0.15, 0.2) is 41.4 Å². The molecule has 0 radical (unpaired) electrons. The second kappa shape index (κ2) is 5.87. The zero-order chi connectivity index (χ0) is 13.0. The third kappa shape index (κ3) is 2.82. The van der Waals surface area contributed by atoms with Crippen molar-refractivity contribution in [1.82, 2.24) is 9.78 Å². The van der Waals surface area contributed by atoms with Gasteiger partial charge in [0.1, 0.15) is 5.69 Å². The molecular weight excluding hydrogens is 244 g/mol. The van der Waals surface area contributed by atoms with Crippen LogP contribution < -0.4 is 0 Å². The quantitative estimate of drug-likeness (QED) is 0.611. The van der Waals surface area contributed by atoms with Crippen LogP contribution in [-0.4, -0.2) is 21.3 Å². The van der Waals surface area contributed by atoms with E-state index in [1.165, 1.54) is 5.56 Å². The van der Waals surface area contributed by atoms with E-state index in [0.717, 1.165) is 11.4 Å². The summed E-state index contributed by atoms with van der Waals surface area (Å²) in [6.07, 6.45) is 1.68. The van der Waals surface area contributed by atoms with Crippen molar-refractivity contribution < 1.29 is 4.79 Å². The summed E-state index contributed by atoms with van der Waals surface area (Å²) in [6, 6.07) is 9.89. The van der Waals surface area contributed by atoms with Crippen LogP contribution in [0.4, 0.5) is 0 Å². The predicted octanol–water partition coefficient (Wildman–Crippen LogP) is 3.19. The Morgan fingerprint density at radius 1 is 1.33 bits per heavy atom. The highest BCUT2D eigenvalue weighted by molar-refractivity contribution is 8.00. The second-order valence-electron chi connectivity index (χ2n) is 4.01. The minimum absolute atomic E-state index is 0.127. The molecule has 4 heteroatoms. The van der Waals surface area contributed by atoms with Crippen molar-refractivity contribution in [2.45, 2.75) is 25.3 Å². The number of carbonyl (C=O) groups is 1. The monoisotopic (exact) mass is 260 g/mol. The van der Waals surface area contributed by atoms with Crippen molar-refractivity contribution in [2.75, 3.05) is 5.75 Å². The topological polar surface area (TPSA) is 34.9 Å². The molecule has 0 aliphatic rings. The maximum Gasteiger partial charge on any atom is 0.191 e. The smallest absolute Gasteiger partial charge is 0.191 e. The van der Waals surface area contributed by atoms with E-state index in [1.54, 1.807) is 28.7 Å². The van der Waals surface area contributed by atoms with Gasteiger partial charge < -0.3 is 0 Å². The highest BCUT2D eigenvalue weighted by Gasteiger charge is 2.11. The molecule has 18 heavy (non-hydrogen) atoms. The first kappa shape index (κ1) is 12.9. The first-order valence-corrected chi connectivity index (χ1v) is 6.94. The summed E-state index contributed by atoms with van der Waals surface area (Å²) in [7, 11) is 0. The third-order valence-electron chi connectivity index (χ3n) is 2.75. The van der Waals surface area contributed by atoms with Gasteiger partial charge in [0.25, 0.3) is 0 Å². The Hall–Kier alpha value is -1.55. The number of thioether (sulfide) groups is 1. The average molecular weight is 260 g/mol. The van der Waals surface area contributed by atoms with E-state index in [-0.39, 0.29) is 5.78 Å². The number of carbonyl (C=O) groups excluding carboxylic acids is 1. The van der Waals surface area contributed by atoms with Crippen LogP contribution in [0.1, 0.15) is 23.0 Å². The van der Waals surface area contributed by atoms with Gasteiger partial charge >= 0.3 is 0 Å². The Kier molecular flexibility index (Phi) is 4.20. The largest absolute Gasteiger partial charge is 0.292 e. The molecule has 0 bridgehead atoms. The molecule has 0 atom stereocenters. The number of hydrogen-bond donors (Lipinski definition) is 0. The highest BCUT2D eigenvalue weighted by Crippen LogP contribution is 2.22. The van der Waals surface area contributed by atoms with Crippen LogP contribution in [0, 0.1) is 6.92 Å². The van der Waals surface area contributed by atoms with Crippen LogP contribution in [0.3, 0.4) is 0 Å². The first-order valence-electron chi connectivity index (χ1n) is 5.95. The van der Waals surface area contributed by atoms with Gasteiger partial charge in [0, 0.05) is 17.6 Å². The molecule has 2 aromatic rings. The van der Waals surface area contributed by atoms with E-state index in [1.807, 2.05) is 25.1 Å². The van der Waals surface area contributed by atoms with E-state index in [0.29, 0.717) is 11.4 Å². The van der Waals surface area contributed by atoms with Crippen molar-refractivity contribution >= 4 is 17.5 Å². The molecule has 0 aliphatic carbocycles. The fraction of sp³-hybridized carbons (Fsp3) is 0.286. The zero-order valence-corrected chi connectivity index (χ0v) is 11.4. The van der Waals surface area contributed by atoms with Crippen molar-refractivity contribution in [3.05, 3.63) is 47.8 Å². The first-order chi connectivity index (χ1) is 8.72. The van der Waals surface area contributed by atoms with Crippen LogP contribution in [0.2, 0.25) is 0 Å². The van der Waals surface area contributed by atoms with E-state index in [4.69, 9.17) is 0 Å². The lowest BCUT2D eigenvalue weighted by Gasteiger charge is -2.05. The molecule has 0 amide bonds. The molecule has 94 valence electrons. The maximum atomic E-state index is 12.1. The fourth-order valence-corrected chi connectivity index (χ4v) is 2.66. The molecule has 1 aromatic carbocycles. The van der Waals surface area contributed by atoms with Crippen molar-refractivity contribution in [3.63, 3.8) is 0 Å². The second-order valence-corrected chi connectivity index (χ2v) is 5.03. The summed E-state index contributed by atoms with van der Waals surface area (Å²) in [5.41, 5.74) is 1.90. The SMILES string of the molecule is CCn1nccc1C(=O)CSc1ccccc1C. The van der Waals surface area contributed by atoms with Crippen molar-refractivity contribution in [3.8, 4) is 0 Å². The number of benzene rings is 1. The maximum absolute atomic E-state index is 12.1. The molecule has 0 fully saturated rings. The van der Waals surface area contributed by atoms with E-state index in [2.05, 4.69) is 18.1 Å². The molecule has 0 N–H and O–H groups in total. The lowest BCUT2D eigenvalue weighted by molar-refractivity contribution is 0.101. The van der Waals surface area contributed by atoms with Gasteiger partial charge in [-0.15, -0.1) is 11.8 Å². The minimum Gasteiger partial charge on any atom is -0.292 e. The average Bonchev–Trinajstić information content (AvgIpc) is 2.86. The van der Waals surface area contributed by atoms with Gasteiger partial charge in [0.15, 0.2) is 5.78 Å². The Morgan fingerprint density at radius 2 is 2.11 bits per heavy atom. The number of aromatic nitrogens is 2. The highest BCUT2D eigenvalue weighted by atomic mass is 32.2. The Morgan fingerprint density at radius 3 is 2.83 bits per heavy atom. The van der Waals surface area contributed by atoms with Gasteiger partial charge in [-0.2, -0.15) is 5.10 Å². The van der Waals surface area contributed by atoms with Crippen LogP contribution in [-0.2, 0) is 6.54 Å². The third-order valence-corrected chi connectivity index (χ3v) is 3.93. The molecule has 0 saturated carbocycles. The summed E-state index contributed by atoms with van der Waals surface area (Å²) in [6.45, 7) is 4.77. The molecular formula is C14H16N2OS. The van der Waals surface area contributed by atoms with Gasteiger partial charge in [0.2, 0.25) is 0 Å². The number of ketones is 1. The van der Waals surface area contributed by atoms with Gasteiger partial charge in [0.05, 0.1) is 5.75 Å². The fourth-order valence-electron chi connectivity index (χ4n) is 1.76. The van der Waals surface area contributed by atoms with Crippen molar-refractivity contribution in [1.29, 1.82) is 0 Å². The molecule has 1 heterocycles. The van der Waals surface area contributed by atoms with Crippen LogP contribution >= 0.6 is 11.8 Å². The molecule has 0 aliphatic heterocycles. The van der Waals surface area contributed by atoms with Crippen LogP contribution in [0.25, 0.3) is 0 Å².